The van der Waals surface area contributed by atoms with Crippen LogP contribution in [0, 0.1) is 6.92 Å². The van der Waals surface area contributed by atoms with E-state index >= 15 is 0 Å². The van der Waals surface area contributed by atoms with Crippen LogP contribution in [0.25, 0.3) is 16.8 Å². The first-order chi connectivity index (χ1) is 16.3. The summed E-state index contributed by atoms with van der Waals surface area (Å²) >= 11 is 13.8. The average Bonchev–Trinajstić information content (AvgIpc) is 3.27. The minimum Gasteiger partial charge on any atom is -0.478 e. The van der Waals surface area contributed by atoms with Crippen molar-refractivity contribution >= 4 is 52.5 Å². The van der Waals surface area contributed by atoms with Gasteiger partial charge in [-0.15, -0.1) is 5.10 Å². The fourth-order valence-corrected chi connectivity index (χ4v) is 4.37. The third-order valence-electron chi connectivity index (χ3n) is 4.79. The lowest BCUT2D eigenvalue weighted by molar-refractivity contribution is -0.113. The molecule has 0 saturated carbocycles. The highest BCUT2D eigenvalue weighted by molar-refractivity contribution is 7.99. The quantitative estimate of drug-likeness (QED) is 0.319. The van der Waals surface area contributed by atoms with E-state index in [0.29, 0.717) is 32.1 Å². The third-order valence-corrected chi connectivity index (χ3v) is 6.33. The highest BCUT2D eigenvalue weighted by Gasteiger charge is 2.15. The second-order valence-electron chi connectivity index (χ2n) is 7.25. The number of carbonyl (C=O) groups excluding carboxylic acids is 1. The molecule has 0 spiro atoms. The van der Waals surface area contributed by atoms with Crippen molar-refractivity contribution in [2.75, 3.05) is 11.1 Å². The lowest BCUT2D eigenvalue weighted by Crippen LogP contribution is -2.15. The van der Waals surface area contributed by atoms with Gasteiger partial charge in [0.2, 0.25) is 11.1 Å². The van der Waals surface area contributed by atoms with Crippen molar-refractivity contribution in [2.45, 2.75) is 12.1 Å². The van der Waals surface area contributed by atoms with Gasteiger partial charge in [0, 0.05) is 0 Å². The Balaban J connectivity index is 1.43. The van der Waals surface area contributed by atoms with Gasteiger partial charge in [0.1, 0.15) is 0 Å². The summed E-state index contributed by atoms with van der Waals surface area (Å²) in [6.45, 7) is 1.93. The molecule has 1 aromatic heterocycles. The Morgan fingerprint density at radius 2 is 1.82 bits per heavy atom. The number of aryl methyl sites for hydroxylation is 1. The number of thioether (sulfide) groups is 1. The van der Waals surface area contributed by atoms with E-state index in [9.17, 15) is 14.7 Å². The number of carbonyl (C=O) groups is 2. The molecule has 2 N–H and O–H groups in total. The van der Waals surface area contributed by atoms with E-state index in [-0.39, 0.29) is 17.2 Å². The van der Waals surface area contributed by atoms with E-state index < -0.39 is 5.97 Å². The molecular weight excluding hydrogens is 497 g/mol. The SMILES string of the molecule is Cc1ccc(-n2nnnc2SCC(=O)Nc2ccc(-c3cccc(C(=O)O)c3)cc2Cl)c(Cl)c1. The molecule has 0 fully saturated rings. The van der Waals surface area contributed by atoms with Crippen LogP contribution in [0.15, 0.2) is 65.8 Å². The number of aromatic nitrogens is 4. The molecule has 0 aliphatic rings. The molecule has 172 valence electrons. The van der Waals surface area contributed by atoms with E-state index in [1.54, 1.807) is 36.4 Å². The van der Waals surface area contributed by atoms with Crippen molar-refractivity contribution in [1.29, 1.82) is 0 Å². The molecule has 1 heterocycles. The number of tetrazole rings is 1. The standard InChI is InChI=1S/C23H17Cl2N5O3S/c1-13-5-8-20(18(25)9-13)30-23(27-28-29-30)34-12-21(31)26-19-7-6-15(11-17(19)24)14-3-2-4-16(10-14)22(32)33/h2-11H,12H2,1H3,(H,26,31)(H,32,33). The number of nitrogens with zero attached hydrogens (tertiary/aromatic N) is 4. The van der Waals surface area contributed by atoms with Crippen LogP contribution in [0.1, 0.15) is 15.9 Å². The Morgan fingerprint density at radius 3 is 2.56 bits per heavy atom. The molecule has 0 aliphatic heterocycles. The summed E-state index contributed by atoms with van der Waals surface area (Å²) in [7, 11) is 0. The molecule has 3 aromatic carbocycles. The van der Waals surface area contributed by atoms with Gasteiger partial charge >= 0.3 is 5.97 Å². The zero-order valence-electron chi connectivity index (χ0n) is 17.7. The van der Waals surface area contributed by atoms with E-state index in [0.717, 1.165) is 22.9 Å². The van der Waals surface area contributed by atoms with Crippen LogP contribution in [0.4, 0.5) is 5.69 Å². The number of benzene rings is 3. The summed E-state index contributed by atoms with van der Waals surface area (Å²) in [5.41, 5.74) is 3.67. The van der Waals surface area contributed by atoms with Crippen molar-refractivity contribution in [3.63, 3.8) is 0 Å². The minimum absolute atomic E-state index is 0.0442. The fraction of sp³-hybridized carbons (Fsp3) is 0.0870. The largest absolute Gasteiger partial charge is 0.478 e. The van der Waals surface area contributed by atoms with Gasteiger partial charge < -0.3 is 10.4 Å². The van der Waals surface area contributed by atoms with Crippen LogP contribution >= 0.6 is 35.0 Å². The molecule has 0 radical (unpaired) electrons. The monoisotopic (exact) mass is 513 g/mol. The first-order valence-electron chi connectivity index (χ1n) is 9.92. The van der Waals surface area contributed by atoms with Gasteiger partial charge in [0.25, 0.3) is 0 Å². The maximum Gasteiger partial charge on any atom is 0.335 e. The molecule has 8 nitrogen and oxygen atoms in total. The lowest BCUT2D eigenvalue weighted by Gasteiger charge is -2.10. The van der Waals surface area contributed by atoms with Crippen molar-refractivity contribution in [3.8, 4) is 16.8 Å². The molecule has 1 amide bonds. The van der Waals surface area contributed by atoms with Gasteiger partial charge in [-0.3, -0.25) is 4.79 Å². The third kappa shape index (κ3) is 5.39. The predicted octanol–water partition coefficient (Wildman–Crippen LogP) is 5.37. The number of halogens is 2. The van der Waals surface area contributed by atoms with Gasteiger partial charge in [-0.25, -0.2) is 4.79 Å². The normalized spacial score (nSPS) is 10.8. The summed E-state index contributed by atoms with van der Waals surface area (Å²) in [5, 5.41) is 24.8. The Kier molecular flexibility index (Phi) is 7.16. The molecule has 0 atom stereocenters. The number of anilines is 1. The minimum atomic E-state index is -1.01. The molecule has 34 heavy (non-hydrogen) atoms. The summed E-state index contributed by atoms with van der Waals surface area (Å²) in [6.07, 6.45) is 0. The number of carboxylic acids is 1. The van der Waals surface area contributed by atoms with Gasteiger partial charge in [0.05, 0.1) is 32.7 Å². The van der Waals surface area contributed by atoms with Crippen LogP contribution in [0.2, 0.25) is 10.0 Å². The van der Waals surface area contributed by atoms with Crippen molar-refractivity contribution in [2.24, 2.45) is 0 Å². The molecule has 0 unspecified atom stereocenters. The highest BCUT2D eigenvalue weighted by atomic mass is 35.5. The summed E-state index contributed by atoms with van der Waals surface area (Å²) in [6, 6.07) is 17.2. The molecular formula is C23H17Cl2N5O3S. The second-order valence-corrected chi connectivity index (χ2v) is 9.00. The summed E-state index contributed by atoms with van der Waals surface area (Å²) in [4.78, 5) is 23.7. The zero-order chi connectivity index (χ0) is 24.2. The zero-order valence-corrected chi connectivity index (χ0v) is 20.0. The van der Waals surface area contributed by atoms with Crippen LogP contribution < -0.4 is 5.32 Å². The number of nitrogens with one attached hydrogen (secondary N) is 1. The number of amides is 1. The summed E-state index contributed by atoms with van der Waals surface area (Å²) < 4.78 is 1.48. The molecule has 0 aliphatic carbocycles. The van der Waals surface area contributed by atoms with Crippen molar-refractivity contribution in [3.05, 3.63) is 81.8 Å². The van der Waals surface area contributed by atoms with E-state index in [4.69, 9.17) is 23.2 Å². The van der Waals surface area contributed by atoms with Crippen LogP contribution in [0.3, 0.4) is 0 Å². The predicted molar refractivity (Wildman–Crippen MR) is 132 cm³/mol. The van der Waals surface area contributed by atoms with Gasteiger partial charge in [-0.2, -0.15) is 4.68 Å². The Morgan fingerprint density at radius 1 is 1.03 bits per heavy atom. The molecule has 4 aromatic rings. The molecule has 4 rings (SSSR count). The van der Waals surface area contributed by atoms with Crippen LogP contribution in [0.5, 0.6) is 0 Å². The number of carboxylic acid groups (broad SMARTS) is 1. The maximum atomic E-state index is 12.5. The smallest absolute Gasteiger partial charge is 0.335 e. The molecule has 0 saturated heterocycles. The van der Waals surface area contributed by atoms with E-state index in [1.807, 2.05) is 25.1 Å². The average molecular weight is 514 g/mol. The van der Waals surface area contributed by atoms with Gasteiger partial charge in [0.15, 0.2) is 0 Å². The summed E-state index contributed by atoms with van der Waals surface area (Å²) in [5.74, 6) is -1.26. The maximum absolute atomic E-state index is 12.5. The Labute approximate surface area is 208 Å². The van der Waals surface area contributed by atoms with Gasteiger partial charge in [-0.1, -0.05) is 59.2 Å². The van der Waals surface area contributed by atoms with E-state index in [2.05, 4.69) is 20.8 Å². The Hall–Kier alpha value is -3.40. The van der Waals surface area contributed by atoms with Crippen LogP contribution in [-0.4, -0.2) is 42.9 Å². The van der Waals surface area contributed by atoms with Crippen molar-refractivity contribution in [1.82, 2.24) is 20.2 Å². The molecule has 0 bridgehead atoms. The highest BCUT2D eigenvalue weighted by Crippen LogP contribution is 2.30. The number of aromatic carboxylic acids is 1. The Bertz CT molecular complexity index is 1390. The van der Waals surface area contributed by atoms with Gasteiger partial charge in [-0.05, 0) is 70.4 Å². The van der Waals surface area contributed by atoms with Crippen molar-refractivity contribution < 1.29 is 14.7 Å². The second kappa shape index (κ2) is 10.3. The number of rotatable bonds is 7. The number of hydrogen-bond donors (Lipinski definition) is 2. The first kappa shape index (κ1) is 23.7. The first-order valence-corrected chi connectivity index (χ1v) is 11.7. The van der Waals surface area contributed by atoms with E-state index in [1.165, 1.54) is 10.7 Å². The molecule has 11 heteroatoms. The van der Waals surface area contributed by atoms with Crippen LogP contribution in [-0.2, 0) is 4.79 Å². The fourth-order valence-electron chi connectivity index (χ4n) is 3.15. The number of hydrogen-bond acceptors (Lipinski definition) is 6. The topological polar surface area (TPSA) is 110 Å². The lowest BCUT2D eigenvalue weighted by atomic mass is 10.0.